The van der Waals surface area contributed by atoms with E-state index >= 15 is 0 Å². The van der Waals surface area contributed by atoms with Crippen LogP contribution in [0.15, 0.2) is 35.3 Å². The van der Waals surface area contributed by atoms with Gasteiger partial charge in [0.05, 0.1) is 24.1 Å². The van der Waals surface area contributed by atoms with Crippen LogP contribution in [0.3, 0.4) is 0 Å². The van der Waals surface area contributed by atoms with E-state index in [0.29, 0.717) is 5.56 Å². The molecule has 8 heteroatoms. The summed E-state index contributed by atoms with van der Waals surface area (Å²) in [4.78, 5) is 46.5. The minimum Gasteiger partial charge on any atom is -0.465 e. The number of nitrogens with zero attached hydrogens (tertiary/aromatic N) is 2. The number of carbonyl (C=O) groups is 2. The number of ether oxygens (including phenoxy) is 1. The second-order valence-corrected chi connectivity index (χ2v) is 5.54. The summed E-state index contributed by atoms with van der Waals surface area (Å²) in [6.07, 6.45) is 1.09. The maximum Gasteiger partial charge on any atom is 0.339 e. The lowest BCUT2D eigenvalue weighted by Gasteiger charge is -2.09. The molecule has 0 aliphatic carbocycles. The van der Waals surface area contributed by atoms with Crippen LogP contribution in [-0.4, -0.2) is 28.4 Å². The lowest BCUT2D eigenvalue weighted by Crippen LogP contribution is -2.27. The molecule has 0 spiro atoms. The van der Waals surface area contributed by atoms with Crippen molar-refractivity contribution >= 4 is 17.4 Å². The second kappa shape index (κ2) is 7.08. The number of rotatable bonds is 5. The first-order chi connectivity index (χ1) is 11.7. The van der Waals surface area contributed by atoms with Crippen molar-refractivity contribution in [1.82, 2.24) is 4.57 Å². The van der Waals surface area contributed by atoms with Crippen LogP contribution in [0.2, 0.25) is 0 Å². The number of carbonyl (C=O) groups excluding carboxylic acids is 2. The molecule has 0 aliphatic heterocycles. The van der Waals surface area contributed by atoms with Crippen LogP contribution in [0.25, 0.3) is 0 Å². The van der Waals surface area contributed by atoms with E-state index in [0.717, 1.165) is 35.1 Å². The van der Waals surface area contributed by atoms with Gasteiger partial charge in [0, 0.05) is 17.8 Å². The molecular weight excluding hydrogens is 328 g/mol. The molecule has 0 saturated carbocycles. The molecule has 0 atom stereocenters. The van der Waals surface area contributed by atoms with Crippen molar-refractivity contribution in [2.45, 2.75) is 20.4 Å². The van der Waals surface area contributed by atoms with Crippen LogP contribution in [0.5, 0.6) is 0 Å². The highest BCUT2D eigenvalue weighted by molar-refractivity contribution is 5.97. The molecule has 25 heavy (non-hydrogen) atoms. The van der Waals surface area contributed by atoms with Crippen molar-refractivity contribution in [3.05, 3.63) is 73.2 Å². The molecule has 1 heterocycles. The fraction of sp³-hybridized carbons (Fsp3) is 0.235. The molecular formula is C17H16N2O6. The monoisotopic (exact) mass is 344 g/mol. The van der Waals surface area contributed by atoms with Crippen LogP contribution in [0.4, 0.5) is 5.69 Å². The third-order valence-electron chi connectivity index (χ3n) is 3.69. The average Bonchev–Trinajstić information content (AvgIpc) is 2.57. The molecule has 1 aromatic carbocycles. The van der Waals surface area contributed by atoms with Crippen LogP contribution in [0, 0.1) is 24.0 Å². The normalized spacial score (nSPS) is 10.4. The zero-order valence-electron chi connectivity index (χ0n) is 13.9. The molecule has 2 rings (SSSR count). The summed E-state index contributed by atoms with van der Waals surface area (Å²) in [6, 6.07) is 6.15. The Morgan fingerprint density at radius 1 is 1.24 bits per heavy atom. The van der Waals surface area contributed by atoms with Gasteiger partial charge < -0.3 is 9.30 Å². The molecule has 0 amide bonds. The SMILES string of the molecule is COC(=O)c1cc([N+](=O)[O-])c(=O)n(CC(=O)c2cc(C)ccc2C)c1. The van der Waals surface area contributed by atoms with Crippen LogP contribution >= 0.6 is 0 Å². The van der Waals surface area contributed by atoms with Gasteiger partial charge in [-0.1, -0.05) is 17.7 Å². The highest BCUT2D eigenvalue weighted by atomic mass is 16.6. The summed E-state index contributed by atoms with van der Waals surface area (Å²) >= 11 is 0. The van der Waals surface area contributed by atoms with Crippen molar-refractivity contribution < 1.29 is 19.2 Å². The minimum absolute atomic E-state index is 0.178. The maximum absolute atomic E-state index is 12.5. The van der Waals surface area contributed by atoms with Gasteiger partial charge in [0.2, 0.25) is 0 Å². The number of hydrogen-bond acceptors (Lipinski definition) is 6. The van der Waals surface area contributed by atoms with E-state index in [1.807, 2.05) is 13.0 Å². The molecule has 8 nitrogen and oxygen atoms in total. The highest BCUT2D eigenvalue weighted by Gasteiger charge is 2.22. The second-order valence-electron chi connectivity index (χ2n) is 5.54. The number of aryl methyl sites for hydroxylation is 2. The Hall–Kier alpha value is -3.29. The fourth-order valence-corrected chi connectivity index (χ4v) is 2.37. The lowest BCUT2D eigenvalue weighted by atomic mass is 10.0. The predicted molar refractivity (Wildman–Crippen MR) is 88.9 cm³/mol. The van der Waals surface area contributed by atoms with Crippen LogP contribution in [0.1, 0.15) is 31.8 Å². The summed E-state index contributed by atoms with van der Waals surface area (Å²) in [5.41, 5.74) is 0.0754. The Kier molecular flexibility index (Phi) is 5.11. The Balaban J connectivity index is 2.51. The van der Waals surface area contributed by atoms with Crippen molar-refractivity contribution in [2.75, 3.05) is 7.11 Å². The Morgan fingerprint density at radius 2 is 1.92 bits per heavy atom. The summed E-state index contributed by atoms with van der Waals surface area (Å²) < 4.78 is 5.38. The Bertz CT molecular complexity index is 929. The van der Waals surface area contributed by atoms with E-state index in [1.54, 1.807) is 19.1 Å². The molecule has 1 aromatic heterocycles. The van der Waals surface area contributed by atoms with Gasteiger partial charge in [0.1, 0.15) is 0 Å². The van der Waals surface area contributed by atoms with Gasteiger partial charge in [0.15, 0.2) is 5.78 Å². The third-order valence-corrected chi connectivity index (χ3v) is 3.69. The number of aromatic nitrogens is 1. The molecule has 0 N–H and O–H groups in total. The van der Waals surface area contributed by atoms with E-state index < -0.39 is 28.7 Å². The summed E-state index contributed by atoms with van der Waals surface area (Å²) in [7, 11) is 1.12. The van der Waals surface area contributed by atoms with Gasteiger partial charge >= 0.3 is 17.2 Å². The Labute approximate surface area is 142 Å². The van der Waals surface area contributed by atoms with Crippen molar-refractivity contribution in [1.29, 1.82) is 0 Å². The number of methoxy groups -OCH3 is 1. The summed E-state index contributed by atoms with van der Waals surface area (Å²) in [5, 5.41) is 11.0. The predicted octanol–water partition coefficient (Wildman–Crippen LogP) is 2.04. The van der Waals surface area contributed by atoms with Crippen molar-refractivity contribution in [3.63, 3.8) is 0 Å². The molecule has 0 bridgehead atoms. The molecule has 0 aliphatic rings. The first-order valence-electron chi connectivity index (χ1n) is 7.32. The number of hydrogen-bond donors (Lipinski definition) is 0. The van der Waals surface area contributed by atoms with Gasteiger partial charge in [0.25, 0.3) is 0 Å². The Morgan fingerprint density at radius 3 is 2.52 bits per heavy atom. The zero-order chi connectivity index (χ0) is 18.7. The number of esters is 1. The fourth-order valence-electron chi connectivity index (χ4n) is 2.37. The molecule has 130 valence electrons. The standard InChI is InChI=1S/C17H16N2O6/c1-10-4-5-11(2)13(6-10)15(20)9-18-8-12(17(22)25-3)7-14(16(18)21)19(23)24/h4-8H,9H2,1-3H3. The number of benzene rings is 1. The molecule has 0 fully saturated rings. The van der Waals surface area contributed by atoms with Crippen molar-refractivity contribution in [3.8, 4) is 0 Å². The van der Waals surface area contributed by atoms with Gasteiger partial charge in [-0.25, -0.2) is 4.79 Å². The molecule has 2 aromatic rings. The first-order valence-corrected chi connectivity index (χ1v) is 7.32. The minimum atomic E-state index is -0.962. The highest BCUT2D eigenvalue weighted by Crippen LogP contribution is 2.14. The summed E-state index contributed by atoms with van der Waals surface area (Å²) in [5.74, 6) is -1.23. The van der Waals surface area contributed by atoms with Crippen molar-refractivity contribution in [2.24, 2.45) is 0 Å². The van der Waals surface area contributed by atoms with E-state index in [-0.39, 0.29) is 11.3 Å². The zero-order valence-corrected chi connectivity index (χ0v) is 13.9. The van der Waals surface area contributed by atoms with E-state index in [1.165, 1.54) is 0 Å². The van der Waals surface area contributed by atoms with E-state index in [4.69, 9.17) is 0 Å². The number of pyridine rings is 1. The van der Waals surface area contributed by atoms with Gasteiger partial charge in [-0.15, -0.1) is 0 Å². The van der Waals surface area contributed by atoms with Crippen LogP contribution in [-0.2, 0) is 11.3 Å². The largest absolute Gasteiger partial charge is 0.465 e. The van der Waals surface area contributed by atoms with Gasteiger partial charge in [-0.05, 0) is 25.5 Å². The number of Topliss-reactive ketones (excluding diaryl/α,β-unsaturated/α-hetero) is 1. The molecule has 0 saturated heterocycles. The number of ketones is 1. The average molecular weight is 344 g/mol. The molecule has 0 unspecified atom stereocenters. The quantitative estimate of drug-likeness (QED) is 0.355. The lowest BCUT2D eigenvalue weighted by molar-refractivity contribution is -0.386. The van der Waals surface area contributed by atoms with Gasteiger partial charge in [-0.3, -0.25) is 19.7 Å². The number of nitro groups is 1. The van der Waals surface area contributed by atoms with E-state index in [9.17, 15) is 24.5 Å². The van der Waals surface area contributed by atoms with Gasteiger partial charge in [-0.2, -0.15) is 0 Å². The van der Waals surface area contributed by atoms with E-state index in [2.05, 4.69) is 4.74 Å². The topological polar surface area (TPSA) is 109 Å². The smallest absolute Gasteiger partial charge is 0.339 e. The first kappa shape index (κ1) is 18.1. The maximum atomic E-state index is 12.5. The molecule has 0 radical (unpaired) electrons. The third kappa shape index (κ3) is 3.79. The van der Waals surface area contributed by atoms with Crippen LogP contribution < -0.4 is 5.56 Å². The summed E-state index contributed by atoms with van der Waals surface area (Å²) in [6.45, 7) is 3.16.